The van der Waals surface area contributed by atoms with E-state index in [1.807, 2.05) is 13.0 Å². The van der Waals surface area contributed by atoms with E-state index in [4.69, 9.17) is 11.6 Å². The van der Waals surface area contributed by atoms with Crippen molar-refractivity contribution in [2.45, 2.75) is 24.9 Å². The second kappa shape index (κ2) is 8.84. The Morgan fingerprint density at radius 3 is 2.31 bits per heavy atom. The van der Waals surface area contributed by atoms with Crippen LogP contribution in [0.1, 0.15) is 27.0 Å². The van der Waals surface area contributed by atoms with E-state index in [9.17, 15) is 26.4 Å². The van der Waals surface area contributed by atoms with Crippen molar-refractivity contribution >= 4 is 38.9 Å². The lowest BCUT2D eigenvalue weighted by Gasteiger charge is -2.14. The number of hydrogen-bond acceptors (Lipinski definition) is 3. The third-order valence-electron chi connectivity index (χ3n) is 4.54. The molecular formula is C22H18ClF3N2O3S. The number of rotatable bonds is 5. The van der Waals surface area contributed by atoms with Crippen LogP contribution in [-0.2, 0) is 16.2 Å². The molecule has 0 atom stereocenters. The summed E-state index contributed by atoms with van der Waals surface area (Å²) in [4.78, 5) is 12.5. The molecule has 5 nitrogen and oxygen atoms in total. The van der Waals surface area contributed by atoms with Gasteiger partial charge in [0.15, 0.2) is 0 Å². The van der Waals surface area contributed by atoms with Gasteiger partial charge in [0.1, 0.15) is 0 Å². The molecule has 0 saturated carbocycles. The fourth-order valence-corrected chi connectivity index (χ4v) is 4.52. The Balaban J connectivity index is 1.89. The number of amides is 1. The number of halogens is 4. The van der Waals surface area contributed by atoms with E-state index >= 15 is 0 Å². The molecule has 0 radical (unpaired) electrons. The molecule has 1 amide bonds. The van der Waals surface area contributed by atoms with Gasteiger partial charge in [0, 0.05) is 16.9 Å². The first kappa shape index (κ1) is 23.6. The molecule has 168 valence electrons. The van der Waals surface area contributed by atoms with Crippen molar-refractivity contribution < 1.29 is 26.4 Å². The number of carbonyl (C=O) groups is 1. The van der Waals surface area contributed by atoms with E-state index < -0.39 is 32.7 Å². The summed E-state index contributed by atoms with van der Waals surface area (Å²) in [5.74, 6) is -0.771. The van der Waals surface area contributed by atoms with Crippen molar-refractivity contribution in [3.05, 3.63) is 87.9 Å². The predicted molar refractivity (Wildman–Crippen MR) is 118 cm³/mol. The van der Waals surface area contributed by atoms with Crippen LogP contribution >= 0.6 is 11.6 Å². The van der Waals surface area contributed by atoms with Crippen molar-refractivity contribution in [3.63, 3.8) is 0 Å². The third kappa shape index (κ3) is 5.41. The molecule has 3 aromatic rings. The monoisotopic (exact) mass is 482 g/mol. The van der Waals surface area contributed by atoms with Gasteiger partial charge in [-0.15, -0.1) is 0 Å². The lowest BCUT2D eigenvalue weighted by Crippen LogP contribution is -2.17. The topological polar surface area (TPSA) is 75.3 Å². The van der Waals surface area contributed by atoms with Crippen molar-refractivity contribution in [1.29, 1.82) is 0 Å². The van der Waals surface area contributed by atoms with Crippen LogP contribution in [0.25, 0.3) is 0 Å². The lowest BCUT2D eigenvalue weighted by molar-refractivity contribution is -0.137. The minimum Gasteiger partial charge on any atom is -0.322 e. The highest BCUT2D eigenvalue weighted by atomic mass is 35.5. The molecule has 2 N–H and O–H groups in total. The average molecular weight is 483 g/mol. The van der Waals surface area contributed by atoms with Gasteiger partial charge in [0.25, 0.3) is 15.9 Å². The Labute approximate surface area is 188 Å². The second-order valence-corrected chi connectivity index (χ2v) is 9.16. The van der Waals surface area contributed by atoms with Crippen LogP contribution in [0, 0.1) is 13.8 Å². The van der Waals surface area contributed by atoms with E-state index in [-0.39, 0.29) is 16.1 Å². The maximum absolute atomic E-state index is 13.1. The van der Waals surface area contributed by atoms with Gasteiger partial charge in [-0.2, -0.15) is 13.2 Å². The molecule has 0 bridgehead atoms. The molecule has 0 aliphatic heterocycles. The fraction of sp³-hybridized carbons (Fsp3) is 0.136. The minimum absolute atomic E-state index is 0.0382. The van der Waals surface area contributed by atoms with Gasteiger partial charge in [-0.1, -0.05) is 29.8 Å². The number of aryl methyl sites for hydroxylation is 2. The Morgan fingerprint density at radius 2 is 1.66 bits per heavy atom. The zero-order valence-corrected chi connectivity index (χ0v) is 18.5. The van der Waals surface area contributed by atoms with Crippen molar-refractivity contribution in [1.82, 2.24) is 0 Å². The van der Waals surface area contributed by atoms with Crippen LogP contribution in [0.2, 0.25) is 5.02 Å². The predicted octanol–water partition coefficient (Wildman–Crippen LogP) is 6.03. The largest absolute Gasteiger partial charge is 0.417 e. The van der Waals surface area contributed by atoms with Gasteiger partial charge in [-0.25, -0.2) is 8.42 Å². The molecule has 0 aromatic heterocycles. The minimum atomic E-state index is -4.69. The first-order chi connectivity index (χ1) is 14.9. The fourth-order valence-electron chi connectivity index (χ4n) is 2.97. The Bertz CT molecular complexity index is 1290. The zero-order chi connectivity index (χ0) is 23.7. The molecule has 0 fully saturated rings. The van der Waals surface area contributed by atoms with Crippen LogP contribution in [0.3, 0.4) is 0 Å². The highest BCUT2D eigenvalue weighted by Gasteiger charge is 2.33. The van der Waals surface area contributed by atoms with Crippen LogP contribution < -0.4 is 10.0 Å². The maximum atomic E-state index is 13.1. The van der Waals surface area contributed by atoms with E-state index in [0.29, 0.717) is 17.3 Å². The number of anilines is 2. The van der Waals surface area contributed by atoms with Crippen molar-refractivity contribution in [2.75, 3.05) is 10.0 Å². The van der Waals surface area contributed by atoms with Gasteiger partial charge < -0.3 is 5.32 Å². The molecular weight excluding hydrogens is 465 g/mol. The average Bonchev–Trinajstić information content (AvgIpc) is 2.68. The quantitative estimate of drug-likeness (QED) is 0.466. The van der Waals surface area contributed by atoms with E-state index in [0.717, 1.165) is 11.6 Å². The van der Waals surface area contributed by atoms with E-state index in [2.05, 4.69) is 10.0 Å². The van der Waals surface area contributed by atoms with Crippen LogP contribution in [0.4, 0.5) is 24.5 Å². The van der Waals surface area contributed by atoms with Crippen LogP contribution in [0.15, 0.2) is 65.6 Å². The zero-order valence-electron chi connectivity index (χ0n) is 16.9. The first-order valence-electron chi connectivity index (χ1n) is 9.25. The van der Waals surface area contributed by atoms with Gasteiger partial charge in [-0.3, -0.25) is 9.52 Å². The normalized spacial score (nSPS) is 11.8. The van der Waals surface area contributed by atoms with Gasteiger partial charge in [0.05, 0.1) is 15.5 Å². The van der Waals surface area contributed by atoms with Crippen molar-refractivity contribution in [2.24, 2.45) is 0 Å². The first-order valence-corrected chi connectivity index (χ1v) is 11.1. The molecule has 3 aromatic carbocycles. The summed E-state index contributed by atoms with van der Waals surface area (Å²) in [6.45, 7) is 3.39. The molecule has 0 saturated heterocycles. The number of sulfonamides is 1. The highest BCUT2D eigenvalue weighted by molar-refractivity contribution is 7.92. The summed E-state index contributed by atoms with van der Waals surface area (Å²) in [5, 5.41) is 1.84. The smallest absolute Gasteiger partial charge is 0.322 e. The van der Waals surface area contributed by atoms with Gasteiger partial charge >= 0.3 is 6.18 Å². The van der Waals surface area contributed by atoms with Crippen molar-refractivity contribution in [3.8, 4) is 0 Å². The molecule has 0 spiro atoms. The summed E-state index contributed by atoms with van der Waals surface area (Å²) >= 11 is 5.59. The SMILES string of the molecule is Cc1cccc(NS(=O)(=O)c2cc(C(=O)Nc3ccc(Cl)c(C(F)(F)F)c3)ccc2C)c1. The van der Waals surface area contributed by atoms with Crippen LogP contribution in [-0.4, -0.2) is 14.3 Å². The summed E-state index contributed by atoms with van der Waals surface area (Å²) in [6, 6.07) is 13.7. The summed E-state index contributed by atoms with van der Waals surface area (Å²) in [7, 11) is -4.02. The number of hydrogen-bond donors (Lipinski definition) is 2. The molecule has 0 unspecified atom stereocenters. The second-order valence-electron chi connectivity index (χ2n) is 7.10. The van der Waals surface area contributed by atoms with Gasteiger partial charge in [0.2, 0.25) is 0 Å². The number of benzene rings is 3. The van der Waals surface area contributed by atoms with E-state index in [1.165, 1.54) is 24.3 Å². The van der Waals surface area contributed by atoms with E-state index in [1.54, 1.807) is 25.1 Å². The Hall–Kier alpha value is -3.04. The van der Waals surface area contributed by atoms with Crippen LogP contribution in [0.5, 0.6) is 0 Å². The number of carbonyl (C=O) groups excluding carboxylic acids is 1. The van der Waals surface area contributed by atoms with Gasteiger partial charge in [-0.05, 0) is 67.4 Å². The molecule has 32 heavy (non-hydrogen) atoms. The molecule has 3 rings (SSSR count). The molecule has 10 heteroatoms. The molecule has 0 aliphatic rings. The lowest BCUT2D eigenvalue weighted by atomic mass is 10.1. The summed E-state index contributed by atoms with van der Waals surface area (Å²) < 4.78 is 67.4. The number of nitrogens with one attached hydrogen (secondary N) is 2. The highest BCUT2D eigenvalue weighted by Crippen LogP contribution is 2.36. The Morgan fingerprint density at radius 1 is 0.938 bits per heavy atom. The molecule has 0 heterocycles. The summed E-state index contributed by atoms with van der Waals surface area (Å²) in [6.07, 6.45) is -4.69. The summed E-state index contributed by atoms with van der Waals surface area (Å²) in [5.41, 5.74) is 0.355. The molecule has 0 aliphatic carbocycles. The standard InChI is InChI=1S/C22H18ClF3N2O3S/c1-13-4-3-5-17(10-13)28-32(30,31)20-11-15(7-6-14(20)2)21(29)27-16-8-9-19(23)18(12-16)22(24,25)26/h3-12,28H,1-2H3,(H,27,29). The third-order valence-corrected chi connectivity index (χ3v) is 6.39. The Kier molecular flexibility index (Phi) is 6.52. The maximum Gasteiger partial charge on any atom is 0.417 e. The number of alkyl halides is 3.